The zero-order valence-corrected chi connectivity index (χ0v) is 16.4. The molecule has 0 aliphatic heterocycles. The first-order valence-electron chi connectivity index (χ1n) is 8.63. The number of aromatic nitrogens is 3. The average Bonchev–Trinajstić information content (AvgIpc) is 3.08. The van der Waals surface area contributed by atoms with Crippen LogP contribution in [0.3, 0.4) is 0 Å². The van der Waals surface area contributed by atoms with Crippen molar-refractivity contribution in [3.63, 3.8) is 0 Å². The maximum Gasteiger partial charge on any atom is 0.374 e. The minimum absolute atomic E-state index is 0.245. The molecule has 0 saturated heterocycles. The Labute approximate surface area is 166 Å². The maximum absolute atomic E-state index is 12.6. The van der Waals surface area contributed by atoms with Crippen molar-refractivity contribution in [1.82, 2.24) is 14.5 Å². The zero-order valence-electron chi connectivity index (χ0n) is 16.4. The molecule has 0 aliphatic rings. The van der Waals surface area contributed by atoms with E-state index in [1.807, 2.05) is 6.07 Å². The summed E-state index contributed by atoms with van der Waals surface area (Å²) < 4.78 is 17.8. The van der Waals surface area contributed by atoms with Crippen LogP contribution in [0.25, 0.3) is 11.4 Å². The molecule has 150 valence electrons. The second-order valence-electron chi connectivity index (χ2n) is 5.92. The van der Waals surface area contributed by atoms with Crippen molar-refractivity contribution in [1.29, 1.82) is 0 Å². The van der Waals surface area contributed by atoms with Gasteiger partial charge in [-0.3, -0.25) is 4.79 Å². The highest BCUT2D eigenvalue weighted by Gasteiger charge is 2.17. The topological polar surface area (TPSA) is 96.9 Å². The molecule has 0 spiro atoms. The Balaban J connectivity index is 2.12. The molecule has 0 N–H and O–H groups in total. The van der Waals surface area contributed by atoms with Crippen molar-refractivity contribution in [3.05, 3.63) is 58.5 Å². The van der Waals surface area contributed by atoms with Crippen LogP contribution in [0.4, 0.5) is 0 Å². The molecule has 3 aromatic rings. The Morgan fingerprint density at radius 1 is 1.03 bits per heavy atom. The lowest BCUT2D eigenvalue weighted by Crippen LogP contribution is -2.26. The summed E-state index contributed by atoms with van der Waals surface area (Å²) in [6.45, 7) is 1.26. The van der Waals surface area contributed by atoms with E-state index in [4.69, 9.17) is 14.2 Å². The molecule has 29 heavy (non-hydrogen) atoms. The summed E-state index contributed by atoms with van der Waals surface area (Å²) in [6.07, 6.45) is 1.45. The van der Waals surface area contributed by atoms with Crippen molar-refractivity contribution in [2.75, 3.05) is 21.3 Å². The lowest BCUT2D eigenvalue weighted by Gasteiger charge is -2.12. The molecule has 0 atom stereocenters. The number of benzene rings is 2. The SMILES string of the molecule is COc1cc(/C=N/n2c(-c3ccccc3)nn(C(C)=O)c2=O)cc(OC)c1OC. The minimum Gasteiger partial charge on any atom is -0.493 e. The molecule has 0 unspecified atom stereocenters. The van der Waals surface area contributed by atoms with Crippen molar-refractivity contribution >= 4 is 12.1 Å². The Morgan fingerprint density at radius 3 is 2.17 bits per heavy atom. The predicted molar refractivity (Wildman–Crippen MR) is 107 cm³/mol. The van der Waals surface area contributed by atoms with Gasteiger partial charge in [0.25, 0.3) is 0 Å². The minimum atomic E-state index is -0.667. The van der Waals surface area contributed by atoms with Gasteiger partial charge in [-0.1, -0.05) is 30.3 Å². The molecule has 0 aliphatic carbocycles. The number of ether oxygens (including phenoxy) is 3. The van der Waals surface area contributed by atoms with Crippen molar-refractivity contribution in [2.24, 2.45) is 5.10 Å². The third-order valence-electron chi connectivity index (χ3n) is 4.10. The molecule has 0 fully saturated rings. The van der Waals surface area contributed by atoms with Crippen LogP contribution in [0.2, 0.25) is 0 Å². The highest BCUT2D eigenvalue weighted by Crippen LogP contribution is 2.37. The van der Waals surface area contributed by atoms with E-state index in [0.717, 1.165) is 9.36 Å². The van der Waals surface area contributed by atoms with Gasteiger partial charge >= 0.3 is 5.69 Å². The molecule has 0 radical (unpaired) electrons. The van der Waals surface area contributed by atoms with Crippen LogP contribution in [0.1, 0.15) is 17.3 Å². The van der Waals surface area contributed by atoms with Crippen LogP contribution in [0, 0.1) is 0 Å². The summed E-state index contributed by atoms with van der Waals surface area (Å²) in [5.41, 5.74) is 0.577. The number of carbonyl (C=O) groups is 1. The summed E-state index contributed by atoms with van der Waals surface area (Å²) in [7, 11) is 4.52. The number of hydrogen-bond acceptors (Lipinski definition) is 7. The summed E-state index contributed by atoms with van der Waals surface area (Å²) in [6, 6.07) is 12.4. The summed E-state index contributed by atoms with van der Waals surface area (Å²) in [5.74, 6) is 1.08. The van der Waals surface area contributed by atoms with Crippen LogP contribution >= 0.6 is 0 Å². The molecule has 2 aromatic carbocycles. The molecule has 9 heteroatoms. The van der Waals surface area contributed by atoms with Crippen molar-refractivity contribution < 1.29 is 19.0 Å². The van der Waals surface area contributed by atoms with Crippen molar-refractivity contribution in [2.45, 2.75) is 6.92 Å². The highest BCUT2D eigenvalue weighted by atomic mass is 16.5. The fourth-order valence-corrected chi connectivity index (χ4v) is 2.74. The maximum atomic E-state index is 12.6. The number of hydrogen-bond donors (Lipinski definition) is 0. The number of methoxy groups -OCH3 is 3. The third-order valence-corrected chi connectivity index (χ3v) is 4.10. The summed E-state index contributed by atoms with van der Waals surface area (Å²) >= 11 is 0. The van der Waals surface area contributed by atoms with Gasteiger partial charge in [0.2, 0.25) is 11.7 Å². The fraction of sp³-hybridized carbons (Fsp3) is 0.200. The zero-order chi connectivity index (χ0) is 21.0. The Kier molecular flexibility index (Phi) is 5.77. The van der Waals surface area contributed by atoms with E-state index in [9.17, 15) is 9.59 Å². The smallest absolute Gasteiger partial charge is 0.374 e. The standard InChI is InChI=1S/C20H20N4O5/c1-13(25)23-20(26)24(19(22-23)15-8-6-5-7-9-15)21-12-14-10-16(27-2)18(29-4)17(11-14)28-3/h5-12H,1-4H3/b21-12+. The number of carbonyl (C=O) groups excluding carboxylic acids is 1. The second-order valence-corrected chi connectivity index (χ2v) is 5.92. The molecule has 1 heterocycles. The van der Waals surface area contributed by atoms with Gasteiger partial charge in [0.1, 0.15) is 0 Å². The lowest BCUT2D eigenvalue weighted by atomic mass is 10.2. The predicted octanol–water partition coefficient (Wildman–Crippen LogP) is 2.28. The summed E-state index contributed by atoms with van der Waals surface area (Å²) in [4.78, 5) is 24.4. The number of rotatable bonds is 6. The first-order chi connectivity index (χ1) is 14.0. The molecular weight excluding hydrogens is 376 g/mol. The quantitative estimate of drug-likeness (QED) is 0.593. The Bertz CT molecular complexity index is 1090. The normalized spacial score (nSPS) is 10.9. The van der Waals surface area contributed by atoms with E-state index in [1.165, 1.54) is 34.5 Å². The summed E-state index contributed by atoms with van der Waals surface area (Å²) in [5, 5.41) is 8.37. The van der Waals surface area contributed by atoms with E-state index in [1.54, 1.807) is 36.4 Å². The second kappa shape index (κ2) is 8.42. The van der Waals surface area contributed by atoms with Crippen LogP contribution in [0.15, 0.2) is 52.4 Å². The first kappa shape index (κ1) is 19.9. The van der Waals surface area contributed by atoms with E-state index in [-0.39, 0.29) is 5.82 Å². The van der Waals surface area contributed by atoms with E-state index < -0.39 is 11.6 Å². The van der Waals surface area contributed by atoms with Crippen LogP contribution in [0.5, 0.6) is 17.2 Å². The van der Waals surface area contributed by atoms with E-state index in [0.29, 0.717) is 28.4 Å². The number of nitrogens with zero attached hydrogens (tertiary/aromatic N) is 4. The molecule has 9 nitrogen and oxygen atoms in total. The van der Waals surface area contributed by atoms with Gasteiger partial charge in [0.15, 0.2) is 17.3 Å². The molecule has 0 bridgehead atoms. The molecule has 3 rings (SSSR count). The molecule has 1 aromatic heterocycles. The Hall–Kier alpha value is -3.88. The van der Waals surface area contributed by atoms with Gasteiger partial charge in [-0.15, -0.1) is 9.78 Å². The van der Waals surface area contributed by atoms with Gasteiger partial charge in [0.05, 0.1) is 27.5 Å². The van der Waals surface area contributed by atoms with Crippen LogP contribution in [-0.2, 0) is 0 Å². The van der Waals surface area contributed by atoms with Gasteiger partial charge in [0, 0.05) is 18.1 Å². The molecule has 0 saturated carbocycles. The van der Waals surface area contributed by atoms with E-state index >= 15 is 0 Å². The fourth-order valence-electron chi connectivity index (χ4n) is 2.74. The third kappa shape index (κ3) is 3.88. The van der Waals surface area contributed by atoms with E-state index in [2.05, 4.69) is 10.2 Å². The highest BCUT2D eigenvalue weighted by molar-refractivity contribution is 5.82. The van der Waals surface area contributed by atoms with Gasteiger partial charge in [-0.25, -0.2) is 4.79 Å². The van der Waals surface area contributed by atoms with Crippen molar-refractivity contribution in [3.8, 4) is 28.6 Å². The average molecular weight is 396 g/mol. The molecule has 0 amide bonds. The van der Waals surface area contributed by atoms with Crippen LogP contribution in [-0.4, -0.2) is 47.9 Å². The largest absolute Gasteiger partial charge is 0.493 e. The van der Waals surface area contributed by atoms with Gasteiger partial charge in [-0.2, -0.15) is 9.78 Å². The monoisotopic (exact) mass is 396 g/mol. The van der Waals surface area contributed by atoms with Gasteiger partial charge < -0.3 is 14.2 Å². The van der Waals surface area contributed by atoms with Gasteiger partial charge in [-0.05, 0) is 12.1 Å². The first-order valence-corrected chi connectivity index (χ1v) is 8.63. The van der Waals surface area contributed by atoms with Crippen LogP contribution < -0.4 is 19.9 Å². The Morgan fingerprint density at radius 2 is 1.66 bits per heavy atom. The lowest BCUT2D eigenvalue weighted by molar-refractivity contribution is 0.0916. The molecular formula is C20H20N4O5.